The quantitative estimate of drug-likeness (QED) is 0.206. The first-order valence-electron chi connectivity index (χ1n) is 14.1. The van der Waals surface area contributed by atoms with Crippen LogP contribution in [0, 0.1) is 0 Å². The van der Waals surface area contributed by atoms with Crippen LogP contribution in [0.4, 0.5) is 0 Å². The number of benzene rings is 7. The fraction of sp³-hybridized carbons (Fsp3) is 0. The molecule has 0 aliphatic carbocycles. The highest BCUT2D eigenvalue weighted by Gasteiger charge is 2.18. The van der Waals surface area contributed by atoms with E-state index in [9.17, 15) is 4.79 Å². The van der Waals surface area contributed by atoms with Crippen molar-refractivity contribution in [2.45, 2.75) is 0 Å². The summed E-state index contributed by atoms with van der Waals surface area (Å²) >= 11 is 0. The molecule has 0 spiro atoms. The molecule has 0 atom stereocenters. The predicted octanol–water partition coefficient (Wildman–Crippen LogP) is 10.0. The van der Waals surface area contributed by atoms with Crippen LogP contribution in [0.25, 0.3) is 82.1 Å². The minimum Gasteiger partial charge on any atom is -0.456 e. The zero-order valence-electron chi connectivity index (χ0n) is 22.5. The molecule has 196 valence electrons. The van der Waals surface area contributed by atoms with Crippen molar-refractivity contribution < 1.29 is 4.42 Å². The fourth-order valence-electron chi connectivity index (χ4n) is 6.59. The predicted molar refractivity (Wildman–Crippen MR) is 175 cm³/mol. The van der Waals surface area contributed by atoms with E-state index in [2.05, 4.69) is 95.6 Å². The van der Waals surface area contributed by atoms with Crippen LogP contribution in [-0.2, 0) is 0 Å². The Hall–Kier alpha value is -5.67. The summed E-state index contributed by atoms with van der Waals surface area (Å²) in [5.74, 6) is 0. The summed E-state index contributed by atoms with van der Waals surface area (Å²) in [4.78, 5) is 13.8. The lowest BCUT2D eigenvalue weighted by Gasteiger charge is -2.12. The number of aromatic nitrogens is 1. The van der Waals surface area contributed by atoms with Gasteiger partial charge in [0.1, 0.15) is 11.2 Å². The molecule has 0 aliphatic rings. The van der Waals surface area contributed by atoms with Gasteiger partial charge in [-0.15, -0.1) is 0 Å². The van der Waals surface area contributed by atoms with Crippen LogP contribution in [-0.4, -0.2) is 4.57 Å². The molecule has 0 radical (unpaired) electrons. The maximum atomic E-state index is 13.8. The summed E-state index contributed by atoms with van der Waals surface area (Å²) in [6.07, 6.45) is 0. The van der Waals surface area contributed by atoms with Crippen molar-refractivity contribution in [3.8, 4) is 16.8 Å². The Labute approximate surface area is 240 Å². The first-order valence-corrected chi connectivity index (χ1v) is 14.1. The number of fused-ring (bicyclic) bond motifs is 9. The molecular weight excluding hydrogens is 514 g/mol. The first-order chi connectivity index (χ1) is 20.7. The van der Waals surface area contributed by atoms with Crippen molar-refractivity contribution in [2.75, 3.05) is 0 Å². The molecule has 2 heterocycles. The van der Waals surface area contributed by atoms with Crippen LogP contribution in [0.3, 0.4) is 0 Å². The Kier molecular flexibility index (Phi) is 4.76. The smallest absolute Gasteiger partial charge is 0.200 e. The van der Waals surface area contributed by atoms with E-state index in [4.69, 9.17) is 4.42 Å². The molecule has 0 N–H and O–H groups in total. The molecule has 3 heteroatoms. The summed E-state index contributed by atoms with van der Waals surface area (Å²) in [6.45, 7) is 0. The van der Waals surface area contributed by atoms with Gasteiger partial charge in [0, 0.05) is 33.3 Å². The molecule has 0 aliphatic heterocycles. The standard InChI is InChI=1S/C39H23NO2/c41-39-33-20-17-28(23-36(33)42-35-21-16-27(22-34(35)39)24-8-2-1-3-9-24)40-37-29-12-6-4-10-25(29)14-18-31(37)32-19-15-26-11-5-7-13-30(26)38(32)40/h1-23H. The molecule has 42 heavy (non-hydrogen) atoms. The monoisotopic (exact) mass is 537 g/mol. The van der Waals surface area contributed by atoms with Crippen molar-refractivity contribution >= 4 is 65.3 Å². The largest absolute Gasteiger partial charge is 0.456 e. The van der Waals surface area contributed by atoms with Gasteiger partial charge >= 0.3 is 0 Å². The lowest BCUT2D eigenvalue weighted by molar-refractivity contribution is 0.659. The van der Waals surface area contributed by atoms with Gasteiger partial charge in [-0.25, -0.2) is 0 Å². The minimum absolute atomic E-state index is 0.0197. The molecule has 0 amide bonds. The van der Waals surface area contributed by atoms with E-state index in [0.29, 0.717) is 21.9 Å². The van der Waals surface area contributed by atoms with Crippen molar-refractivity contribution in [2.24, 2.45) is 0 Å². The highest BCUT2D eigenvalue weighted by Crippen LogP contribution is 2.40. The van der Waals surface area contributed by atoms with Crippen LogP contribution < -0.4 is 5.43 Å². The zero-order chi connectivity index (χ0) is 27.8. The SMILES string of the molecule is O=c1c2ccc(-n3c4c5ccccc5ccc4c4ccc5ccccc5c43)cc2oc2ccc(-c3ccccc3)cc12. The van der Waals surface area contributed by atoms with Crippen molar-refractivity contribution in [1.82, 2.24) is 4.57 Å². The molecular formula is C39H23NO2. The molecule has 0 saturated carbocycles. The van der Waals surface area contributed by atoms with E-state index in [1.165, 1.54) is 32.3 Å². The maximum Gasteiger partial charge on any atom is 0.200 e. The van der Waals surface area contributed by atoms with Crippen molar-refractivity contribution in [1.29, 1.82) is 0 Å². The Bertz CT molecular complexity index is 2500. The fourth-order valence-corrected chi connectivity index (χ4v) is 6.59. The summed E-state index contributed by atoms with van der Waals surface area (Å²) in [5, 5.41) is 8.30. The molecule has 7 aromatic carbocycles. The Morgan fingerprint density at radius 3 is 1.74 bits per heavy atom. The average Bonchev–Trinajstić information content (AvgIpc) is 3.40. The first kappa shape index (κ1) is 23.1. The van der Waals surface area contributed by atoms with Gasteiger partial charge in [0.05, 0.1) is 21.8 Å². The maximum absolute atomic E-state index is 13.8. The van der Waals surface area contributed by atoms with Gasteiger partial charge in [-0.3, -0.25) is 4.79 Å². The van der Waals surface area contributed by atoms with E-state index in [0.717, 1.165) is 27.8 Å². The molecule has 9 rings (SSSR count). The molecule has 0 bridgehead atoms. The van der Waals surface area contributed by atoms with E-state index < -0.39 is 0 Å². The summed E-state index contributed by atoms with van der Waals surface area (Å²) in [5.41, 5.74) is 6.46. The van der Waals surface area contributed by atoms with Crippen molar-refractivity contribution in [3.63, 3.8) is 0 Å². The van der Waals surface area contributed by atoms with Crippen molar-refractivity contribution in [3.05, 3.63) is 150 Å². The Morgan fingerprint density at radius 1 is 0.429 bits per heavy atom. The van der Waals surface area contributed by atoms with Crippen LogP contribution in [0.1, 0.15) is 0 Å². The van der Waals surface area contributed by atoms with E-state index in [-0.39, 0.29) is 5.43 Å². The van der Waals surface area contributed by atoms with Gasteiger partial charge < -0.3 is 8.98 Å². The average molecular weight is 538 g/mol. The van der Waals surface area contributed by atoms with Crippen LogP contribution in [0.5, 0.6) is 0 Å². The molecule has 0 unspecified atom stereocenters. The molecule has 2 aromatic heterocycles. The molecule has 0 saturated heterocycles. The normalized spacial score (nSPS) is 11.9. The van der Waals surface area contributed by atoms with Crippen LogP contribution >= 0.6 is 0 Å². The third-order valence-corrected chi connectivity index (χ3v) is 8.56. The number of hydrogen-bond donors (Lipinski definition) is 0. The van der Waals surface area contributed by atoms with Crippen LogP contribution in [0.2, 0.25) is 0 Å². The molecule has 9 aromatic rings. The highest BCUT2D eigenvalue weighted by molar-refractivity contribution is 6.23. The number of rotatable bonds is 2. The number of nitrogens with zero attached hydrogens (tertiary/aromatic N) is 1. The van der Waals surface area contributed by atoms with E-state index >= 15 is 0 Å². The Morgan fingerprint density at radius 2 is 1.05 bits per heavy atom. The van der Waals surface area contributed by atoms with Gasteiger partial charge in [-0.1, -0.05) is 109 Å². The third kappa shape index (κ3) is 3.25. The second kappa shape index (κ2) is 8.66. The summed E-state index contributed by atoms with van der Waals surface area (Å²) in [6, 6.07) is 47.8. The topological polar surface area (TPSA) is 35.1 Å². The van der Waals surface area contributed by atoms with E-state index in [1.807, 2.05) is 48.5 Å². The summed E-state index contributed by atoms with van der Waals surface area (Å²) < 4.78 is 8.79. The Balaban J connectivity index is 1.37. The van der Waals surface area contributed by atoms with Gasteiger partial charge in [0.2, 0.25) is 5.43 Å². The summed E-state index contributed by atoms with van der Waals surface area (Å²) in [7, 11) is 0. The number of hydrogen-bond acceptors (Lipinski definition) is 2. The van der Waals surface area contributed by atoms with E-state index in [1.54, 1.807) is 0 Å². The second-order valence-electron chi connectivity index (χ2n) is 10.9. The highest BCUT2D eigenvalue weighted by atomic mass is 16.3. The van der Waals surface area contributed by atoms with Gasteiger partial charge in [-0.05, 0) is 46.2 Å². The lowest BCUT2D eigenvalue weighted by atomic mass is 10.0. The van der Waals surface area contributed by atoms with Gasteiger partial charge in [0.25, 0.3) is 0 Å². The second-order valence-corrected chi connectivity index (χ2v) is 10.9. The molecule has 3 nitrogen and oxygen atoms in total. The van der Waals surface area contributed by atoms with Gasteiger partial charge in [-0.2, -0.15) is 0 Å². The molecule has 0 fully saturated rings. The van der Waals surface area contributed by atoms with Gasteiger partial charge in [0.15, 0.2) is 0 Å². The zero-order valence-corrected chi connectivity index (χ0v) is 22.5. The van der Waals surface area contributed by atoms with Crippen LogP contribution in [0.15, 0.2) is 149 Å². The lowest BCUT2D eigenvalue weighted by Crippen LogP contribution is -2.03. The third-order valence-electron chi connectivity index (χ3n) is 8.56. The minimum atomic E-state index is -0.0197.